The van der Waals surface area contributed by atoms with E-state index in [1.807, 2.05) is 6.92 Å². The second-order valence-electron chi connectivity index (χ2n) is 4.12. The summed E-state index contributed by atoms with van der Waals surface area (Å²) in [5.74, 6) is 0. The molecule has 2 N–H and O–H groups in total. The van der Waals surface area contributed by atoms with Crippen molar-refractivity contribution in [2.75, 3.05) is 0 Å². The molecule has 0 aliphatic rings. The molecule has 0 fully saturated rings. The quantitative estimate of drug-likeness (QED) is 0.900. The number of benzene rings is 1. The zero-order chi connectivity index (χ0) is 13.8. The maximum atomic E-state index is 12.7. The van der Waals surface area contributed by atoms with Crippen LogP contribution in [0.1, 0.15) is 17.5 Å². The van der Waals surface area contributed by atoms with Gasteiger partial charge in [0, 0.05) is 0 Å². The van der Waals surface area contributed by atoms with Gasteiger partial charge in [-0.3, -0.25) is 0 Å². The molecule has 1 aromatic carbocycles. The number of nitriles is 1. The highest BCUT2D eigenvalue weighted by Crippen LogP contribution is 2.32. The molecular weight excluding hydrogens is 241 g/mol. The molecule has 1 aromatic rings. The highest BCUT2D eigenvalue weighted by atomic mass is 19.4. The number of hydrogen-bond donors (Lipinski definition) is 1. The van der Waals surface area contributed by atoms with Crippen molar-refractivity contribution in [1.82, 2.24) is 0 Å². The Labute approximate surface area is 104 Å². The van der Waals surface area contributed by atoms with Crippen LogP contribution < -0.4 is 5.73 Å². The van der Waals surface area contributed by atoms with E-state index in [0.717, 1.165) is 11.6 Å². The number of rotatable bonds is 3. The van der Waals surface area contributed by atoms with Crippen LogP contribution in [0.15, 0.2) is 30.3 Å². The lowest BCUT2D eigenvalue weighted by Crippen LogP contribution is -2.51. The molecule has 1 unspecified atom stereocenters. The highest BCUT2D eigenvalue weighted by molar-refractivity contribution is 5.51. The highest BCUT2D eigenvalue weighted by Gasteiger charge is 2.50. The van der Waals surface area contributed by atoms with Gasteiger partial charge in [0.05, 0.1) is 12.5 Å². The van der Waals surface area contributed by atoms with E-state index >= 15 is 0 Å². The molecule has 5 heteroatoms. The molecule has 0 radical (unpaired) electrons. The minimum absolute atomic E-state index is 0.609. The monoisotopic (exact) mass is 254 g/mol. The van der Waals surface area contributed by atoms with E-state index in [1.165, 1.54) is 12.1 Å². The predicted molar refractivity (Wildman–Crippen MR) is 63.4 cm³/mol. The average molecular weight is 254 g/mol. The molecule has 0 aromatic heterocycles. The number of nitrogens with two attached hydrogens (primary N) is 1. The van der Waals surface area contributed by atoms with E-state index in [2.05, 4.69) is 0 Å². The van der Waals surface area contributed by atoms with Gasteiger partial charge in [0.15, 0.2) is 0 Å². The largest absolute Gasteiger partial charge is 0.411 e. The summed E-state index contributed by atoms with van der Waals surface area (Å²) in [6.07, 6.45) is -3.34. The Balaban J connectivity index is 2.98. The summed E-state index contributed by atoms with van der Waals surface area (Å²) in [5.41, 5.74) is 4.25. The lowest BCUT2D eigenvalue weighted by atomic mass is 9.95. The van der Waals surface area contributed by atoms with Gasteiger partial charge in [-0.05, 0) is 12.5 Å². The smallest absolute Gasteiger partial charge is 0.314 e. The van der Waals surface area contributed by atoms with Gasteiger partial charge in [0.25, 0.3) is 0 Å². The van der Waals surface area contributed by atoms with Crippen LogP contribution in [-0.2, 0) is 0 Å². The van der Waals surface area contributed by atoms with Crippen LogP contribution >= 0.6 is 0 Å². The third-order valence-corrected chi connectivity index (χ3v) is 2.55. The maximum Gasteiger partial charge on any atom is 0.411 e. The standard InChI is InChI=1S/C13H13F3N2/c1-10-2-4-11(5-3-10)6-7-12(18,8-9-17)13(14,15)16/h2-7H,8,18H2,1H3/b7-6+. The lowest BCUT2D eigenvalue weighted by molar-refractivity contribution is -0.170. The second kappa shape index (κ2) is 5.23. The number of alkyl halides is 3. The second-order valence-corrected chi connectivity index (χ2v) is 4.12. The van der Waals surface area contributed by atoms with Gasteiger partial charge >= 0.3 is 6.18 Å². The van der Waals surface area contributed by atoms with E-state index in [9.17, 15) is 13.2 Å². The van der Waals surface area contributed by atoms with Crippen LogP contribution in [-0.4, -0.2) is 11.7 Å². The normalized spacial score (nSPS) is 15.3. The van der Waals surface area contributed by atoms with Gasteiger partial charge in [-0.1, -0.05) is 42.0 Å². The molecule has 0 spiro atoms. The molecule has 0 bridgehead atoms. The fourth-order valence-corrected chi connectivity index (χ4v) is 1.31. The van der Waals surface area contributed by atoms with Crippen molar-refractivity contribution in [3.63, 3.8) is 0 Å². The fraction of sp³-hybridized carbons (Fsp3) is 0.308. The third kappa shape index (κ3) is 3.34. The van der Waals surface area contributed by atoms with Gasteiger partial charge in [-0.25, -0.2) is 0 Å². The van der Waals surface area contributed by atoms with Gasteiger partial charge in [-0.2, -0.15) is 18.4 Å². The summed E-state index contributed by atoms with van der Waals surface area (Å²) in [5, 5.41) is 8.43. The van der Waals surface area contributed by atoms with E-state index in [0.29, 0.717) is 5.56 Å². The van der Waals surface area contributed by atoms with Crippen molar-refractivity contribution in [2.24, 2.45) is 5.73 Å². The molecular formula is C13H13F3N2. The first-order valence-electron chi connectivity index (χ1n) is 5.27. The Morgan fingerprint density at radius 2 is 1.83 bits per heavy atom. The molecule has 2 nitrogen and oxygen atoms in total. The molecule has 0 aliphatic heterocycles. The van der Waals surface area contributed by atoms with E-state index in [1.54, 1.807) is 24.3 Å². The van der Waals surface area contributed by atoms with Gasteiger partial charge < -0.3 is 5.73 Å². The first-order chi connectivity index (χ1) is 8.28. The Bertz CT molecular complexity index is 468. The van der Waals surface area contributed by atoms with Gasteiger partial charge in [0.1, 0.15) is 5.54 Å². The molecule has 0 aliphatic carbocycles. The zero-order valence-corrected chi connectivity index (χ0v) is 9.83. The number of hydrogen-bond acceptors (Lipinski definition) is 2. The van der Waals surface area contributed by atoms with Crippen LogP contribution in [0.2, 0.25) is 0 Å². The predicted octanol–water partition coefficient (Wildman–Crippen LogP) is 3.18. The minimum Gasteiger partial charge on any atom is -0.314 e. The summed E-state index contributed by atoms with van der Waals surface area (Å²) in [4.78, 5) is 0. The van der Waals surface area contributed by atoms with Crippen molar-refractivity contribution >= 4 is 6.08 Å². The van der Waals surface area contributed by atoms with Crippen molar-refractivity contribution in [1.29, 1.82) is 5.26 Å². The summed E-state index contributed by atoms with van der Waals surface area (Å²) >= 11 is 0. The SMILES string of the molecule is Cc1ccc(/C=C/C(N)(CC#N)C(F)(F)F)cc1. The van der Waals surface area contributed by atoms with Crippen molar-refractivity contribution in [2.45, 2.75) is 25.1 Å². The van der Waals surface area contributed by atoms with Crippen LogP contribution in [0.5, 0.6) is 0 Å². The summed E-state index contributed by atoms with van der Waals surface area (Å²) < 4.78 is 38.2. The molecule has 1 atom stereocenters. The molecule has 18 heavy (non-hydrogen) atoms. The van der Waals surface area contributed by atoms with Crippen LogP contribution in [0.4, 0.5) is 13.2 Å². The van der Waals surface area contributed by atoms with E-state index in [-0.39, 0.29) is 0 Å². The van der Waals surface area contributed by atoms with Crippen molar-refractivity contribution < 1.29 is 13.2 Å². The molecule has 0 amide bonds. The summed E-state index contributed by atoms with van der Waals surface area (Å²) in [6, 6.07) is 8.42. The molecule has 1 rings (SSSR count). The van der Waals surface area contributed by atoms with Gasteiger partial charge in [-0.15, -0.1) is 0 Å². The number of aryl methyl sites for hydroxylation is 1. The number of halogens is 3. The Hall–Kier alpha value is -1.80. The maximum absolute atomic E-state index is 12.7. The van der Waals surface area contributed by atoms with Crippen LogP contribution in [0.25, 0.3) is 6.08 Å². The van der Waals surface area contributed by atoms with Crippen LogP contribution in [0.3, 0.4) is 0 Å². The lowest BCUT2D eigenvalue weighted by Gasteiger charge is -2.25. The fourth-order valence-electron chi connectivity index (χ4n) is 1.31. The zero-order valence-electron chi connectivity index (χ0n) is 9.83. The molecule has 0 saturated heterocycles. The average Bonchev–Trinajstić information content (AvgIpc) is 2.27. The van der Waals surface area contributed by atoms with Crippen molar-refractivity contribution in [3.8, 4) is 6.07 Å². The first kappa shape index (κ1) is 14.3. The molecule has 0 saturated carbocycles. The Kier molecular flexibility index (Phi) is 4.15. The topological polar surface area (TPSA) is 49.8 Å². The summed E-state index contributed by atoms with van der Waals surface area (Å²) in [6.45, 7) is 1.88. The third-order valence-electron chi connectivity index (χ3n) is 2.55. The van der Waals surface area contributed by atoms with Crippen molar-refractivity contribution in [3.05, 3.63) is 41.5 Å². The first-order valence-corrected chi connectivity index (χ1v) is 5.27. The van der Waals surface area contributed by atoms with E-state index in [4.69, 9.17) is 11.0 Å². The minimum atomic E-state index is -4.65. The summed E-state index contributed by atoms with van der Waals surface area (Å²) in [7, 11) is 0. The van der Waals surface area contributed by atoms with Crippen LogP contribution in [0, 0.1) is 18.3 Å². The van der Waals surface area contributed by atoms with E-state index < -0.39 is 18.1 Å². The Morgan fingerprint density at radius 1 is 1.28 bits per heavy atom. The molecule has 0 heterocycles. The number of nitrogens with zero attached hydrogens (tertiary/aromatic N) is 1. The van der Waals surface area contributed by atoms with Gasteiger partial charge in [0.2, 0.25) is 0 Å². The molecule has 96 valence electrons. The Morgan fingerprint density at radius 3 is 2.28 bits per heavy atom.